The number of aliphatic hydroxyl groups is 1. The maximum Gasteiger partial charge on any atom is 0.295 e. The van der Waals surface area contributed by atoms with E-state index in [4.69, 9.17) is 4.74 Å². The summed E-state index contributed by atoms with van der Waals surface area (Å²) >= 11 is 0. The van der Waals surface area contributed by atoms with Gasteiger partial charge in [-0.05, 0) is 76.3 Å². The van der Waals surface area contributed by atoms with Crippen molar-refractivity contribution in [2.24, 2.45) is 0 Å². The molecule has 0 aliphatic carbocycles. The van der Waals surface area contributed by atoms with Gasteiger partial charge in [0, 0.05) is 12.1 Å². The molecule has 0 bridgehead atoms. The number of carbonyl (C=O) groups is 2. The fourth-order valence-electron chi connectivity index (χ4n) is 3.92. The number of Topliss-reactive ketones (excluding diaryl/α,β-unsaturated/α-hetero) is 1. The fraction of sp³-hybridized carbons (Fsp3) is 0.360. The molecule has 1 unspecified atom stereocenters. The third-order valence-corrected chi connectivity index (χ3v) is 5.47. The van der Waals surface area contributed by atoms with Crippen molar-refractivity contribution in [3.8, 4) is 5.75 Å². The molecule has 1 atom stereocenters. The molecular weight excluding hydrogens is 392 g/mol. The predicted molar refractivity (Wildman–Crippen MR) is 121 cm³/mol. The number of carbonyl (C=O) groups excluding carboxylic acids is 2. The third-order valence-electron chi connectivity index (χ3n) is 5.47. The quantitative estimate of drug-likeness (QED) is 0.398. The summed E-state index contributed by atoms with van der Waals surface area (Å²) in [5, 5.41) is 11.1. The average Bonchev–Trinajstić information content (AvgIpc) is 2.99. The van der Waals surface area contributed by atoms with Gasteiger partial charge in [0.05, 0.1) is 18.2 Å². The molecule has 1 amide bonds. The number of hydrogen-bond acceptors (Lipinski definition) is 5. The molecule has 1 heterocycles. The monoisotopic (exact) mass is 422 g/mol. The van der Waals surface area contributed by atoms with Gasteiger partial charge in [0.25, 0.3) is 11.7 Å². The molecular formula is C25H30N2O4. The number of rotatable bonds is 8. The molecule has 1 aliphatic heterocycles. The summed E-state index contributed by atoms with van der Waals surface area (Å²) in [6, 6.07) is 14.0. The van der Waals surface area contributed by atoms with E-state index in [1.54, 1.807) is 29.2 Å². The maximum atomic E-state index is 13.0. The Labute approximate surface area is 183 Å². The number of hydrogen-bond donors (Lipinski definition) is 1. The van der Waals surface area contributed by atoms with E-state index < -0.39 is 17.7 Å². The highest BCUT2D eigenvalue weighted by molar-refractivity contribution is 6.46. The topological polar surface area (TPSA) is 70.1 Å². The Kier molecular flexibility index (Phi) is 7.13. The van der Waals surface area contributed by atoms with Gasteiger partial charge in [0.2, 0.25) is 0 Å². The van der Waals surface area contributed by atoms with E-state index in [-0.39, 0.29) is 11.3 Å². The van der Waals surface area contributed by atoms with E-state index in [0.29, 0.717) is 24.5 Å². The molecule has 1 fully saturated rings. The van der Waals surface area contributed by atoms with Crippen molar-refractivity contribution in [2.45, 2.75) is 26.3 Å². The Morgan fingerprint density at radius 2 is 1.77 bits per heavy atom. The van der Waals surface area contributed by atoms with Crippen molar-refractivity contribution in [2.75, 3.05) is 33.8 Å². The second-order valence-electron chi connectivity index (χ2n) is 7.96. The van der Waals surface area contributed by atoms with E-state index in [0.717, 1.165) is 24.1 Å². The van der Waals surface area contributed by atoms with E-state index in [9.17, 15) is 14.7 Å². The molecule has 164 valence electrons. The van der Waals surface area contributed by atoms with Gasteiger partial charge in [-0.1, -0.05) is 24.3 Å². The molecule has 1 aliphatic rings. The first-order chi connectivity index (χ1) is 14.8. The molecule has 0 saturated carbocycles. The average molecular weight is 423 g/mol. The predicted octanol–water partition coefficient (Wildman–Crippen LogP) is 3.77. The van der Waals surface area contributed by atoms with Crippen molar-refractivity contribution < 1.29 is 19.4 Å². The van der Waals surface area contributed by atoms with Crippen LogP contribution in [0.15, 0.2) is 54.1 Å². The van der Waals surface area contributed by atoms with Crippen LogP contribution in [0.25, 0.3) is 5.76 Å². The van der Waals surface area contributed by atoms with Gasteiger partial charge in [-0.3, -0.25) is 9.59 Å². The van der Waals surface area contributed by atoms with Crippen molar-refractivity contribution in [1.82, 2.24) is 9.80 Å². The maximum absolute atomic E-state index is 13.0. The van der Waals surface area contributed by atoms with Crippen LogP contribution in [0, 0.1) is 6.92 Å². The van der Waals surface area contributed by atoms with E-state index >= 15 is 0 Å². The molecule has 6 heteroatoms. The summed E-state index contributed by atoms with van der Waals surface area (Å²) in [4.78, 5) is 29.6. The molecule has 2 aromatic carbocycles. The minimum atomic E-state index is -0.649. The Hall–Kier alpha value is -3.12. The summed E-state index contributed by atoms with van der Waals surface area (Å²) in [6.45, 7) is 5.61. The van der Waals surface area contributed by atoms with Crippen molar-refractivity contribution in [3.05, 3.63) is 70.8 Å². The Balaban J connectivity index is 2.07. The molecule has 0 spiro atoms. The SMILES string of the molecule is CCOc1ccc(/C(O)=C2/C(=O)C(=O)N(CCCN(C)C)C2c2ccccc2C)cc1. The lowest BCUT2D eigenvalue weighted by molar-refractivity contribution is -0.139. The lowest BCUT2D eigenvalue weighted by Gasteiger charge is -2.27. The van der Waals surface area contributed by atoms with E-state index in [2.05, 4.69) is 0 Å². The zero-order valence-electron chi connectivity index (χ0n) is 18.6. The van der Waals surface area contributed by atoms with Crippen LogP contribution in [0.1, 0.15) is 36.1 Å². The number of aryl methyl sites for hydroxylation is 1. The fourth-order valence-corrected chi connectivity index (χ4v) is 3.92. The van der Waals surface area contributed by atoms with Crippen LogP contribution in [-0.2, 0) is 9.59 Å². The summed E-state index contributed by atoms with van der Waals surface area (Å²) < 4.78 is 5.46. The molecule has 0 radical (unpaired) electrons. The molecule has 3 rings (SSSR count). The Bertz CT molecular complexity index is 979. The number of amides is 1. The van der Waals surface area contributed by atoms with Gasteiger partial charge < -0.3 is 19.6 Å². The first-order valence-electron chi connectivity index (χ1n) is 10.6. The van der Waals surface area contributed by atoms with Crippen LogP contribution in [0.4, 0.5) is 0 Å². The van der Waals surface area contributed by atoms with Gasteiger partial charge in [-0.2, -0.15) is 0 Å². The number of ether oxygens (including phenoxy) is 1. The molecule has 2 aromatic rings. The third kappa shape index (κ3) is 4.80. The zero-order valence-corrected chi connectivity index (χ0v) is 18.6. The standard InChI is InChI=1S/C25H30N2O4/c1-5-31-19-13-11-18(12-14-19)23(28)21-22(20-10-7-6-9-17(20)2)27(25(30)24(21)29)16-8-15-26(3)4/h6-7,9-14,22,28H,5,8,15-16H2,1-4H3/b23-21-. The van der Waals surface area contributed by atoms with Crippen LogP contribution in [-0.4, -0.2) is 60.4 Å². The molecule has 1 N–H and O–H groups in total. The van der Waals surface area contributed by atoms with Crippen LogP contribution in [0.3, 0.4) is 0 Å². The first-order valence-corrected chi connectivity index (χ1v) is 10.6. The number of benzene rings is 2. The van der Waals surface area contributed by atoms with Gasteiger partial charge in [-0.15, -0.1) is 0 Å². The highest BCUT2D eigenvalue weighted by atomic mass is 16.5. The number of aliphatic hydroxyl groups excluding tert-OH is 1. The highest BCUT2D eigenvalue weighted by Crippen LogP contribution is 2.40. The number of likely N-dealkylation sites (tertiary alicyclic amines) is 1. The lowest BCUT2D eigenvalue weighted by atomic mass is 9.92. The molecule has 6 nitrogen and oxygen atoms in total. The van der Waals surface area contributed by atoms with Gasteiger partial charge in [0.1, 0.15) is 11.5 Å². The molecule has 1 saturated heterocycles. The van der Waals surface area contributed by atoms with E-state index in [1.165, 1.54) is 0 Å². The first kappa shape index (κ1) is 22.6. The molecule has 31 heavy (non-hydrogen) atoms. The minimum Gasteiger partial charge on any atom is -0.507 e. The molecule has 0 aromatic heterocycles. The summed E-state index contributed by atoms with van der Waals surface area (Å²) in [5.74, 6) is -0.701. The lowest BCUT2D eigenvalue weighted by Crippen LogP contribution is -2.32. The van der Waals surface area contributed by atoms with Crippen LogP contribution in [0.2, 0.25) is 0 Å². The van der Waals surface area contributed by atoms with Crippen LogP contribution in [0.5, 0.6) is 5.75 Å². The van der Waals surface area contributed by atoms with Crippen molar-refractivity contribution in [3.63, 3.8) is 0 Å². The van der Waals surface area contributed by atoms with Gasteiger partial charge in [-0.25, -0.2) is 0 Å². The Morgan fingerprint density at radius 3 is 2.39 bits per heavy atom. The zero-order chi connectivity index (χ0) is 22.5. The number of ketones is 1. The summed E-state index contributed by atoms with van der Waals surface area (Å²) in [6.07, 6.45) is 0.728. The van der Waals surface area contributed by atoms with Crippen LogP contribution >= 0.6 is 0 Å². The smallest absolute Gasteiger partial charge is 0.295 e. The second-order valence-corrected chi connectivity index (χ2v) is 7.96. The largest absolute Gasteiger partial charge is 0.507 e. The number of nitrogens with zero attached hydrogens (tertiary/aromatic N) is 2. The Morgan fingerprint density at radius 1 is 1.10 bits per heavy atom. The van der Waals surface area contributed by atoms with Crippen molar-refractivity contribution in [1.29, 1.82) is 0 Å². The van der Waals surface area contributed by atoms with Crippen LogP contribution < -0.4 is 4.74 Å². The minimum absolute atomic E-state index is 0.133. The summed E-state index contributed by atoms with van der Waals surface area (Å²) in [7, 11) is 3.94. The van der Waals surface area contributed by atoms with Gasteiger partial charge in [0.15, 0.2) is 0 Å². The van der Waals surface area contributed by atoms with Gasteiger partial charge >= 0.3 is 0 Å². The highest BCUT2D eigenvalue weighted by Gasteiger charge is 2.46. The van der Waals surface area contributed by atoms with E-state index in [1.807, 2.05) is 57.1 Å². The summed E-state index contributed by atoms with van der Waals surface area (Å²) in [5.41, 5.74) is 2.42. The second kappa shape index (κ2) is 9.79. The normalized spacial score (nSPS) is 18.1. The van der Waals surface area contributed by atoms with Crippen molar-refractivity contribution >= 4 is 17.4 Å².